The zero-order valence-electron chi connectivity index (χ0n) is 14.9. The second kappa shape index (κ2) is 7.65. The van der Waals surface area contributed by atoms with Gasteiger partial charge in [0.05, 0.1) is 11.4 Å². The highest BCUT2D eigenvalue weighted by molar-refractivity contribution is 7.90. The molecule has 0 saturated carbocycles. The standard InChI is InChI=1S/C16H28N4O3S/c1-11(2)14-9-20(8-13-7-12(3)18-19-13)10-15(14)17-16(21)5-6-24(4,22)23/h7,11,14-15H,5-6,8-10H2,1-4H3,(H,17,21)(H,18,19)/t14-,15+/m0/s1. The molecule has 2 rings (SSSR count). The predicted octanol–water partition coefficient (Wildman–Crippen LogP) is 0.725. The van der Waals surface area contributed by atoms with Gasteiger partial charge in [0, 0.05) is 44.0 Å². The summed E-state index contributed by atoms with van der Waals surface area (Å²) in [5.74, 6) is 0.505. The van der Waals surface area contributed by atoms with E-state index < -0.39 is 9.84 Å². The first-order valence-corrected chi connectivity index (χ1v) is 10.4. The van der Waals surface area contributed by atoms with E-state index in [-0.39, 0.29) is 24.1 Å². The largest absolute Gasteiger partial charge is 0.352 e. The number of H-pyrrole nitrogens is 1. The maximum Gasteiger partial charge on any atom is 0.221 e. The van der Waals surface area contributed by atoms with Gasteiger partial charge in [-0.15, -0.1) is 0 Å². The number of hydrogen-bond acceptors (Lipinski definition) is 5. The van der Waals surface area contributed by atoms with E-state index in [4.69, 9.17) is 0 Å². The second-order valence-corrected chi connectivity index (χ2v) is 9.46. The minimum Gasteiger partial charge on any atom is -0.352 e. The molecule has 2 heterocycles. The van der Waals surface area contributed by atoms with E-state index >= 15 is 0 Å². The molecule has 0 spiro atoms. The summed E-state index contributed by atoms with van der Waals surface area (Å²) in [6.07, 6.45) is 1.18. The number of aromatic amines is 1. The smallest absolute Gasteiger partial charge is 0.221 e. The predicted molar refractivity (Wildman–Crippen MR) is 93.2 cm³/mol. The number of amides is 1. The maximum atomic E-state index is 12.1. The third kappa shape index (κ3) is 5.59. The number of likely N-dealkylation sites (tertiary alicyclic amines) is 1. The lowest BCUT2D eigenvalue weighted by atomic mass is 9.91. The van der Waals surface area contributed by atoms with Crippen molar-refractivity contribution in [2.45, 2.75) is 39.8 Å². The lowest BCUT2D eigenvalue weighted by molar-refractivity contribution is -0.121. The maximum absolute atomic E-state index is 12.1. The number of aromatic nitrogens is 2. The van der Waals surface area contributed by atoms with Crippen LogP contribution >= 0.6 is 0 Å². The fourth-order valence-corrected chi connectivity index (χ4v) is 3.77. The molecule has 8 heteroatoms. The average molecular weight is 356 g/mol. The number of carbonyl (C=O) groups excluding carboxylic acids is 1. The molecule has 1 aromatic rings. The SMILES string of the molecule is Cc1cc(CN2C[C@@H](NC(=O)CCS(C)(=O)=O)[C@H](C(C)C)C2)n[nH]1. The van der Waals surface area contributed by atoms with Crippen molar-refractivity contribution in [3.05, 3.63) is 17.5 Å². The van der Waals surface area contributed by atoms with Crippen LogP contribution in [0.15, 0.2) is 6.07 Å². The van der Waals surface area contributed by atoms with Crippen molar-refractivity contribution in [3.8, 4) is 0 Å². The molecule has 0 unspecified atom stereocenters. The Morgan fingerprint density at radius 1 is 1.46 bits per heavy atom. The number of nitrogens with one attached hydrogen (secondary N) is 2. The fourth-order valence-electron chi connectivity index (χ4n) is 3.21. The van der Waals surface area contributed by atoms with E-state index in [0.717, 1.165) is 37.3 Å². The summed E-state index contributed by atoms with van der Waals surface area (Å²) in [7, 11) is -3.11. The van der Waals surface area contributed by atoms with Gasteiger partial charge < -0.3 is 5.32 Å². The first-order chi connectivity index (χ1) is 11.1. The van der Waals surface area contributed by atoms with E-state index in [0.29, 0.717) is 11.8 Å². The molecule has 7 nitrogen and oxygen atoms in total. The van der Waals surface area contributed by atoms with Crippen LogP contribution in [-0.2, 0) is 21.2 Å². The Balaban J connectivity index is 1.93. The van der Waals surface area contributed by atoms with E-state index in [1.807, 2.05) is 13.0 Å². The summed E-state index contributed by atoms with van der Waals surface area (Å²) < 4.78 is 22.4. The first-order valence-electron chi connectivity index (χ1n) is 8.34. The van der Waals surface area contributed by atoms with Gasteiger partial charge in [0.15, 0.2) is 0 Å². The lowest BCUT2D eigenvalue weighted by Crippen LogP contribution is -2.42. The summed E-state index contributed by atoms with van der Waals surface area (Å²) in [6.45, 7) is 8.70. The molecule has 136 valence electrons. The molecule has 24 heavy (non-hydrogen) atoms. The Bertz CT molecular complexity index is 669. The van der Waals surface area contributed by atoms with Gasteiger partial charge in [-0.3, -0.25) is 14.8 Å². The van der Waals surface area contributed by atoms with E-state index in [1.54, 1.807) is 0 Å². The number of hydrogen-bond donors (Lipinski definition) is 2. The van der Waals surface area contributed by atoms with Crippen LogP contribution in [0.4, 0.5) is 0 Å². The van der Waals surface area contributed by atoms with Gasteiger partial charge in [-0.25, -0.2) is 8.42 Å². The van der Waals surface area contributed by atoms with Crippen LogP contribution in [0.3, 0.4) is 0 Å². The summed E-state index contributed by atoms with van der Waals surface area (Å²) in [5.41, 5.74) is 2.04. The van der Waals surface area contributed by atoms with Crippen molar-refractivity contribution in [1.82, 2.24) is 20.4 Å². The molecule has 0 radical (unpaired) electrons. The highest BCUT2D eigenvalue weighted by atomic mass is 32.2. The third-order valence-electron chi connectivity index (χ3n) is 4.49. The highest BCUT2D eigenvalue weighted by Gasteiger charge is 2.35. The lowest BCUT2D eigenvalue weighted by Gasteiger charge is -2.22. The molecule has 0 aliphatic carbocycles. The van der Waals surface area contributed by atoms with Crippen molar-refractivity contribution in [2.75, 3.05) is 25.1 Å². The molecule has 1 saturated heterocycles. The highest BCUT2D eigenvalue weighted by Crippen LogP contribution is 2.25. The molecular formula is C16H28N4O3S. The fraction of sp³-hybridized carbons (Fsp3) is 0.750. The van der Waals surface area contributed by atoms with Crippen LogP contribution in [0, 0.1) is 18.8 Å². The summed E-state index contributed by atoms with van der Waals surface area (Å²) >= 11 is 0. The number of carbonyl (C=O) groups is 1. The Morgan fingerprint density at radius 3 is 2.71 bits per heavy atom. The Kier molecular flexibility index (Phi) is 6.03. The van der Waals surface area contributed by atoms with Gasteiger partial charge in [0.25, 0.3) is 0 Å². The van der Waals surface area contributed by atoms with Gasteiger partial charge in [0.1, 0.15) is 9.84 Å². The van der Waals surface area contributed by atoms with Crippen molar-refractivity contribution < 1.29 is 13.2 Å². The zero-order chi connectivity index (χ0) is 17.9. The third-order valence-corrected chi connectivity index (χ3v) is 5.43. The van der Waals surface area contributed by atoms with Crippen LogP contribution in [0.2, 0.25) is 0 Å². The van der Waals surface area contributed by atoms with E-state index in [9.17, 15) is 13.2 Å². The van der Waals surface area contributed by atoms with Gasteiger partial charge in [-0.1, -0.05) is 13.8 Å². The normalized spacial score (nSPS) is 22.2. The van der Waals surface area contributed by atoms with Gasteiger partial charge >= 0.3 is 0 Å². The quantitative estimate of drug-likeness (QED) is 0.751. The Morgan fingerprint density at radius 2 is 2.17 bits per heavy atom. The second-order valence-electron chi connectivity index (χ2n) is 7.20. The first kappa shape index (κ1) is 18.9. The van der Waals surface area contributed by atoms with E-state index in [2.05, 4.69) is 34.3 Å². The molecule has 0 bridgehead atoms. The number of rotatable bonds is 7. The molecule has 2 N–H and O–H groups in total. The molecule has 1 aliphatic heterocycles. The minimum atomic E-state index is -3.11. The molecule has 2 atom stereocenters. The van der Waals surface area contributed by atoms with Crippen LogP contribution in [0.25, 0.3) is 0 Å². The summed E-state index contributed by atoms with van der Waals surface area (Å²) in [5, 5.41) is 10.2. The average Bonchev–Trinajstić information content (AvgIpc) is 3.03. The van der Waals surface area contributed by atoms with Crippen LogP contribution < -0.4 is 5.32 Å². The number of sulfone groups is 1. The zero-order valence-corrected chi connectivity index (χ0v) is 15.7. The molecule has 0 aromatic carbocycles. The topological polar surface area (TPSA) is 95.2 Å². The van der Waals surface area contributed by atoms with Gasteiger partial charge in [-0.05, 0) is 24.8 Å². The molecule has 1 amide bonds. The Hall–Kier alpha value is -1.41. The molecular weight excluding hydrogens is 328 g/mol. The van der Waals surface area contributed by atoms with Crippen molar-refractivity contribution in [1.29, 1.82) is 0 Å². The van der Waals surface area contributed by atoms with Crippen LogP contribution in [0.1, 0.15) is 31.7 Å². The van der Waals surface area contributed by atoms with Crippen LogP contribution in [0.5, 0.6) is 0 Å². The number of nitrogens with zero attached hydrogens (tertiary/aromatic N) is 2. The summed E-state index contributed by atoms with van der Waals surface area (Å²) in [4.78, 5) is 14.4. The van der Waals surface area contributed by atoms with E-state index in [1.165, 1.54) is 0 Å². The number of aryl methyl sites for hydroxylation is 1. The van der Waals surface area contributed by atoms with Crippen LogP contribution in [-0.4, -0.2) is 60.6 Å². The van der Waals surface area contributed by atoms with Crippen molar-refractivity contribution in [3.63, 3.8) is 0 Å². The molecule has 1 fully saturated rings. The molecule has 1 aliphatic rings. The monoisotopic (exact) mass is 356 g/mol. The molecule has 1 aromatic heterocycles. The Labute approximate surface area is 144 Å². The van der Waals surface area contributed by atoms with Gasteiger partial charge in [-0.2, -0.15) is 5.10 Å². The van der Waals surface area contributed by atoms with Crippen molar-refractivity contribution in [2.24, 2.45) is 11.8 Å². The summed E-state index contributed by atoms with van der Waals surface area (Å²) in [6, 6.07) is 2.08. The van der Waals surface area contributed by atoms with Gasteiger partial charge in [0.2, 0.25) is 5.91 Å². The van der Waals surface area contributed by atoms with Crippen molar-refractivity contribution >= 4 is 15.7 Å². The minimum absolute atomic E-state index is 0.0265.